The predicted octanol–water partition coefficient (Wildman–Crippen LogP) is 3.25. The highest BCUT2D eigenvalue weighted by Crippen LogP contribution is 2.24. The van der Waals surface area contributed by atoms with Gasteiger partial charge in [-0.1, -0.05) is 23.7 Å². The van der Waals surface area contributed by atoms with Gasteiger partial charge in [-0.05, 0) is 49.7 Å². The Morgan fingerprint density at radius 2 is 1.93 bits per heavy atom. The van der Waals surface area contributed by atoms with Gasteiger partial charge < -0.3 is 5.32 Å². The number of hydrogen-bond acceptors (Lipinski definition) is 5. The summed E-state index contributed by atoms with van der Waals surface area (Å²) < 4.78 is 1.62. The van der Waals surface area contributed by atoms with E-state index >= 15 is 0 Å². The van der Waals surface area contributed by atoms with Gasteiger partial charge in [-0.25, -0.2) is 4.68 Å². The molecule has 4 rings (SSSR count). The fourth-order valence-electron chi connectivity index (χ4n) is 3.30. The van der Waals surface area contributed by atoms with E-state index in [0.717, 1.165) is 42.9 Å². The number of pyridine rings is 1. The average Bonchev–Trinajstić information content (AvgIpc) is 3.09. The summed E-state index contributed by atoms with van der Waals surface area (Å²) in [5.74, 6) is 1.28. The Bertz CT molecular complexity index is 979. The third-order valence-electron chi connectivity index (χ3n) is 4.89. The minimum absolute atomic E-state index is 0.268. The third-order valence-corrected chi connectivity index (χ3v) is 5.14. The van der Waals surface area contributed by atoms with Crippen molar-refractivity contribution >= 4 is 23.5 Å². The van der Waals surface area contributed by atoms with Crippen LogP contribution in [0.1, 0.15) is 34.9 Å². The number of halogens is 1. The smallest absolute Gasteiger partial charge is 0.259 e. The van der Waals surface area contributed by atoms with E-state index in [0.29, 0.717) is 22.5 Å². The number of aromatic nitrogens is 4. The Morgan fingerprint density at radius 3 is 2.68 bits per heavy atom. The van der Waals surface area contributed by atoms with Gasteiger partial charge in [0, 0.05) is 35.9 Å². The van der Waals surface area contributed by atoms with E-state index in [9.17, 15) is 4.79 Å². The van der Waals surface area contributed by atoms with Crippen LogP contribution in [-0.4, -0.2) is 38.7 Å². The molecule has 3 aromatic rings. The molecule has 2 aromatic heterocycles. The van der Waals surface area contributed by atoms with Gasteiger partial charge in [0.15, 0.2) is 5.82 Å². The Morgan fingerprint density at radius 1 is 1.18 bits per heavy atom. The van der Waals surface area contributed by atoms with Crippen molar-refractivity contribution < 1.29 is 4.79 Å². The minimum atomic E-state index is -0.268. The quantitative estimate of drug-likeness (QED) is 0.707. The molecule has 0 unspecified atom stereocenters. The van der Waals surface area contributed by atoms with Gasteiger partial charge >= 0.3 is 0 Å². The van der Waals surface area contributed by atoms with Crippen molar-refractivity contribution in [2.24, 2.45) is 7.05 Å². The van der Waals surface area contributed by atoms with Crippen LogP contribution in [0.25, 0.3) is 11.1 Å². The van der Waals surface area contributed by atoms with Gasteiger partial charge in [-0.3, -0.25) is 15.1 Å². The van der Waals surface area contributed by atoms with E-state index in [1.165, 1.54) is 0 Å². The molecule has 3 heterocycles. The Kier molecular flexibility index (Phi) is 5.36. The first-order chi connectivity index (χ1) is 13.6. The molecule has 0 saturated carbocycles. The maximum Gasteiger partial charge on any atom is 0.259 e. The van der Waals surface area contributed by atoms with Gasteiger partial charge in [0.1, 0.15) is 0 Å². The molecule has 1 aliphatic heterocycles. The van der Waals surface area contributed by atoms with Crippen molar-refractivity contribution in [2.45, 2.75) is 18.8 Å². The molecule has 2 N–H and O–H groups in total. The van der Waals surface area contributed by atoms with E-state index < -0.39 is 0 Å². The molecule has 1 amide bonds. The summed E-state index contributed by atoms with van der Waals surface area (Å²) in [6, 6.07) is 9.22. The molecule has 0 aliphatic carbocycles. The summed E-state index contributed by atoms with van der Waals surface area (Å²) in [6.45, 7) is 1.93. The monoisotopic (exact) mass is 396 g/mol. The van der Waals surface area contributed by atoms with Crippen molar-refractivity contribution in [1.29, 1.82) is 0 Å². The summed E-state index contributed by atoms with van der Waals surface area (Å²) >= 11 is 5.95. The largest absolute Gasteiger partial charge is 0.317 e. The van der Waals surface area contributed by atoms with E-state index in [2.05, 4.69) is 25.7 Å². The maximum atomic E-state index is 12.7. The molecular weight excluding hydrogens is 376 g/mol. The summed E-state index contributed by atoms with van der Waals surface area (Å²) in [6.07, 6.45) is 5.27. The molecule has 144 valence electrons. The van der Waals surface area contributed by atoms with Crippen molar-refractivity contribution in [3.63, 3.8) is 0 Å². The second kappa shape index (κ2) is 8.08. The zero-order valence-corrected chi connectivity index (χ0v) is 16.3. The van der Waals surface area contributed by atoms with Gasteiger partial charge in [0.25, 0.3) is 5.91 Å². The molecule has 7 nitrogen and oxygen atoms in total. The second-order valence-electron chi connectivity index (χ2n) is 6.86. The summed E-state index contributed by atoms with van der Waals surface area (Å²) in [7, 11) is 1.79. The van der Waals surface area contributed by atoms with Crippen LogP contribution in [0.4, 0.5) is 5.95 Å². The van der Waals surface area contributed by atoms with E-state index in [1.54, 1.807) is 30.2 Å². The van der Waals surface area contributed by atoms with E-state index in [1.807, 2.05) is 24.3 Å². The number of nitrogens with zero attached hydrogens (tertiary/aromatic N) is 4. The van der Waals surface area contributed by atoms with Crippen LogP contribution in [0.2, 0.25) is 5.02 Å². The molecule has 0 radical (unpaired) electrons. The molecule has 0 bridgehead atoms. The number of rotatable bonds is 4. The van der Waals surface area contributed by atoms with Crippen LogP contribution in [0.3, 0.4) is 0 Å². The predicted molar refractivity (Wildman–Crippen MR) is 108 cm³/mol. The lowest BCUT2D eigenvalue weighted by Crippen LogP contribution is -2.27. The lowest BCUT2D eigenvalue weighted by atomic mass is 9.98. The van der Waals surface area contributed by atoms with Crippen LogP contribution in [-0.2, 0) is 7.05 Å². The van der Waals surface area contributed by atoms with Gasteiger partial charge in [0.05, 0.1) is 5.56 Å². The summed E-state index contributed by atoms with van der Waals surface area (Å²) in [4.78, 5) is 21.5. The van der Waals surface area contributed by atoms with Crippen LogP contribution in [0.5, 0.6) is 0 Å². The SMILES string of the molecule is Cn1nc(C2CCNCC2)nc1NC(=O)c1cncc(-c2ccc(Cl)cc2)c1. The molecule has 28 heavy (non-hydrogen) atoms. The molecule has 0 spiro atoms. The first-order valence-corrected chi connectivity index (χ1v) is 9.62. The van der Waals surface area contributed by atoms with E-state index in [-0.39, 0.29) is 5.91 Å². The normalized spacial score (nSPS) is 14.8. The Balaban J connectivity index is 1.52. The second-order valence-corrected chi connectivity index (χ2v) is 7.30. The van der Waals surface area contributed by atoms with E-state index in [4.69, 9.17) is 11.6 Å². The van der Waals surface area contributed by atoms with Gasteiger partial charge in [-0.15, -0.1) is 0 Å². The number of carbonyl (C=O) groups is 1. The van der Waals surface area contributed by atoms with Gasteiger partial charge in [0.2, 0.25) is 5.95 Å². The highest BCUT2D eigenvalue weighted by atomic mass is 35.5. The van der Waals surface area contributed by atoms with Crippen LogP contribution in [0.15, 0.2) is 42.7 Å². The van der Waals surface area contributed by atoms with Crippen molar-refractivity contribution in [3.8, 4) is 11.1 Å². The summed E-state index contributed by atoms with van der Waals surface area (Å²) in [5, 5.41) is 11.3. The number of piperidine rings is 1. The van der Waals surface area contributed by atoms with Crippen molar-refractivity contribution in [3.05, 3.63) is 59.1 Å². The molecule has 8 heteroatoms. The number of amides is 1. The fraction of sp³-hybridized carbons (Fsp3) is 0.300. The zero-order chi connectivity index (χ0) is 19.5. The lowest BCUT2D eigenvalue weighted by Gasteiger charge is -2.19. The van der Waals surface area contributed by atoms with Crippen molar-refractivity contribution in [2.75, 3.05) is 18.4 Å². The first-order valence-electron chi connectivity index (χ1n) is 9.24. The Hall–Kier alpha value is -2.77. The lowest BCUT2D eigenvalue weighted by molar-refractivity contribution is 0.102. The third kappa shape index (κ3) is 4.05. The molecule has 1 fully saturated rings. The van der Waals surface area contributed by atoms with Gasteiger partial charge in [-0.2, -0.15) is 10.1 Å². The molecular formula is C20H21ClN6O. The summed E-state index contributed by atoms with van der Waals surface area (Å²) in [5.41, 5.74) is 2.25. The molecule has 1 aliphatic rings. The fourth-order valence-corrected chi connectivity index (χ4v) is 3.43. The van der Waals surface area contributed by atoms with Crippen molar-refractivity contribution in [1.82, 2.24) is 25.1 Å². The maximum absolute atomic E-state index is 12.7. The standard InChI is InChI=1S/C20H21ClN6O/c1-27-20(24-18(26-27)14-6-8-22-9-7-14)25-19(28)16-10-15(11-23-12-16)13-2-4-17(21)5-3-13/h2-5,10-12,14,22H,6-9H2,1H3,(H,24,25,26,28). The number of nitrogens with one attached hydrogen (secondary N) is 2. The first kappa shape index (κ1) is 18.6. The topological polar surface area (TPSA) is 84.7 Å². The average molecular weight is 397 g/mol. The van der Waals surface area contributed by atoms with Crippen LogP contribution >= 0.6 is 11.6 Å². The number of hydrogen-bond donors (Lipinski definition) is 2. The molecule has 1 aromatic carbocycles. The number of anilines is 1. The molecule has 1 saturated heterocycles. The van der Waals surface area contributed by atoms with Crippen LogP contribution < -0.4 is 10.6 Å². The zero-order valence-electron chi connectivity index (χ0n) is 15.5. The molecule has 0 atom stereocenters. The number of carbonyl (C=O) groups excluding carboxylic acids is 1. The number of benzene rings is 1. The highest BCUT2D eigenvalue weighted by Gasteiger charge is 2.21. The minimum Gasteiger partial charge on any atom is -0.317 e. The highest BCUT2D eigenvalue weighted by molar-refractivity contribution is 6.30. The Labute approximate surface area is 168 Å². The van der Waals surface area contributed by atoms with Crippen LogP contribution in [0, 0.1) is 0 Å². The number of aryl methyl sites for hydroxylation is 1.